The fraction of sp³-hybridized carbons (Fsp3) is 0.750. The summed E-state index contributed by atoms with van der Waals surface area (Å²) in [6, 6.07) is 2.42. The summed E-state index contributed by atoms with van der Waals surface area (Å²) in [6.07, 6.45) is 13.5. The summed E-state index contributed by atoms with van der Waals surface area (Å²) < 4.78 is 8.63. The molecule has 106 valence electrons. The van der Waals surface area contributed by atoms with Gasteiger partial charge in [0.05, 0.1) is 11.7 Å². The van der Waals surface area contributed by atoms with E-state index in [9.17, 15) is 0 Å². The Kier molecular flexibility index (Phi) is 3.68. The average molecular weight is 262 g/mol. The summed E-state index contributed by atoms with van der Waals surface area (Å²) in [4.78, 5) is 0. The van der Waals surface area contributed by atoms with E-state index in [2.05, 4.69) is 30.0 Å². The first-order chi connectivity index (χ1) is 9.15. The Labute approximate surface area is 116 Å². The van der Waals surface area contributed by atoms with Crippen LogP contribution >= 0.6 is 0 Å². The van der Waals surface area contributed by atoms with Crippen LogP contribution in [0.15, 0.2) is 18.5 Å². The Balaban J connectivity index is 1.55. The lowest BCUT2D eigenvalue weighted by molar-refractivity contribution is -0.0417. The highest BCUT2D eigenvalue weighted by Gasteiger charge is 2.41. The minimum Gasteiger partial charge on any atom is -0.370 e. The molecule has 3 nitrogen and oxygen atoms in total. The number of hydrogen-bond acceptors (Lipinski definition) is 2. The van der Waals surface area contributed by atoms with E-state index in [-0.39, 0.29) is 11.6 Å². The molecule has 1 aliphatic heterocycles. The van der Waals surface area contributed by atoms with Crippen molar-refractivity contribution in [2.24, 2.45) is 5.73 Å². The van der Waals surface area contributed by atoms with E-state index in [1.807, 2.05) is 0 Å². The molecule has 2 N–H and O–H groups in total. The molecule has 19 heavy (non-hydrogen) atoms. The second kappa shape index (κ2) is 5.29. The molecular weight excluding hydrogens is 236 g/mol. The van der Waals surface area contributed by atoms with E-state index in [0.717, 1.165) is 13.0 Å². The number of rotatable bonds is 4. The molecule has 1 aromatic heterocycles. The number of nitrogens with zero attached hydrogens (tertiary/aromatic N) is 1. The van der Waals surface area contributed by atoms with Gasteiger partial charge in [0.15, 0.2) is 0 Å². The van der Waals surface area contributed by atoms with Gasteiger partial charge in [-0.1, -0.05) is 12.8 Å². The van der Waals surface area contributed by atoms with Crippen molar-refractivity contribution in [3.8, 4) is 0 Å². The van der Waals surface area contributed by atoms with E-state index in [0.29, 0.717) is 6.10 Å². The minimum atomic E-state index is 0.236. The Morgan fingerprint density at radius 2 is 2.21 bits per heavy atom. The molecule has 0 amide bonds. The maximum Gasteiger partial charge on any atom is 0.0762 e. The van der Waals surface area contributed by atoms with Crippen LogP contribution in [0.3, 0.4) is 0 Å². The number of ether oxygens (including phenoxy) is 1. The molecule has 3 rings (SSSR count). The van der Waals surface area contributed by atoms with Crippen molar-refractivity contribution in [2.45, 2.75) is 76.2 Å². The smallest absolute Gasteiger partial charge is 0.0762 e. The first kappa shape index (κ1) is 13.2. The maximum absolute atomic E-state index is 6.36. The molecule has 2 unspecified atom stereocenters. The maximum atomic E-state index is 6.36. The van der Waals surface area contributed by atoms with E-state index in [1.165, 1.54) is 44.1 Å². The summed E-state index contributed by atoms with van der Waals surface area (Å²) in [5.41, 5.74) is 7.43. The molecule has 1 spiro atoms. The standard InChI is InChI=1S/C16H26N2O/c1-13(17)10-14-5-9-18(11-14)12-15-4-8-16(19-15)6-2-3-7-16/h5,9,11,13,15H,2-4,6-8,10,12,17H2,1H3. The predicted molar refractivity (Wildman–Crippen MR) is 77.1 cm³/mol. The highest BCUT2D eigenvalue weighted by molar-refractivity contribution is 5.11. The van der Waals surface area contributed by atoms with E-state index >= 15 is 0 Å². The first-order valence-corrected chi connectivity index (χ1v) is 7.73. The van der Waals surface area contributed by atoms with Crippen LogP contribution in [0, 0.1) is 0 Å². The molecule has 1 aromatic rings. The Bertz CT molecular complexity index is 418. The lowest BCUT2D eigenvalue weighted by Crippen LogP contribution is -2.26. The summed E-state index contributed by atoms with van der Waals surface area (Å²) in [5, 5.41) is 0. The lowest BCUT2D eigenvalue weighted by atomic mass is 9.98. The Morgan fingerprint density at radius 3 is 2.95 bits per heavy atom. The van der Waals surface area contributed by atoms with Crippen molar-refractivity contribution in [1.29, 1.82) is 0 Å². The van der Waals surface area contributed by atoms with Gasteiger partial charge < -0.3 is 15.0 Å². The van der Waals surface area contributed by atoms with E-state index in [4.69, 9.17) is 10.5 Å². The average Bonchev–Trinajstić information content (AvgIpc) is 3.04. The number of hydrogen-bond donors (Lipinski definition) is 1. The van der Waals surface area contributed by atoms with Gasteiger partial charge in [-0.05, 0) is 50.7 Å². The van der Waals surface area contributed by atoms with Gasteiger partial charge in [-0.25, -0.2) is 0 Å². The zero-order valence-corrected chi connectivity index (χ0v) is 12.0. The second-order valence-corrected chi connectivity index (χ2v) is 6.57. The Hall–Kier alpha value is -0.800. The summed E-state index contributed by atoms with van der Waals surface area (Å²) in [7, 11) is 0. The largest absolute Gasteiger partial charge is 0.370 e. The van der Waals surface area contributed by atoms with Crippen molar-refractivity contribution < 1.29 is 4.74 Å². The molecule has 0 aromatic carbocycles. The SMILES string of the molecule is CC(N)Cc1ccn(CC2CCC3(CCCC3)O2)c1. The minimum absolute atomic E-state index is 0.236. The summed E-state index contributed by atoms with van der Waals surface area (Å²) in [5.74, 6) is 0. The molecule has 2 heterocycles. The fourth-order valence-electron chi connectivity index (χ4n) is 3.74. The van der Waals surface area contributed by atoms with Crippen LogP contribution in [0.1, 0.15) is 51.0 Å². The van der Waals surface area contributed by atoms with Crippen LogP contribution in [0.25, 0.3) is 0 Å². The van der Waals surface area contributed by atoms with Gasteiger partial charge in [0, 0.05) is 25.0 Å². The third-order valence-corrected chi connectivity index (χ3v) is 4.64. The van der Waals surface area contributed by atoms with Gasteiger partial charge in [0.25, 0.3) is 0 Å². The van der Waals surface area contributed by atoms with Crippen LogP contribution < -0.4 is 5.73 Å². The number of nitrogens with two attached hydrogens (primary N) is 1. The van der Waals surface area contributed by atoms with Crippen LogP contribution in [0.5, 0.6) is 0 Å². The van der Waals surface area contributed by atoms with Gasteiger partial charge in [0.1, 0.15) is 0 Å². The first-order valence-electron chi connectivity index (χ1n) is 7.73. The van der Waals surface area contributed by atoms with Crippen LogP contribution in [0.4, 0.5) is 0 Å². The molecule has 0 radical (unpaired) electrons. The third kappa shape index (κ3) is 3.03. The topological polar surface area (TPSA) is 40.2 Å². The van der Waals surface area contributed by atoms with Gasteiger partial charge in [0.2, 0.25) is 0 Å². The molecular formula is C16H26N2O. The van der Waals surface area contributed by atoms with E-state index < -0.39 is 0 Å². The monoisotopic (exact) mass is 262 g/mol. The predicted octanol–water partition coefficient (Wildman–Crippen LogP) is 2.87. The fourth-order valence-corrected chi connectivity index (χ4v) is 3.74. The van der Waals surface area contributed by atoms with Crippen molar-refractivity contribution in [2.75, 3.05) is 0 Å². The van der Waals surface area contributed by atoms with Crippen molar-refractivity contribution in [3.63, 3.8) is 0 Å². The van der Waals surface area contributed by atoms with Crippen molar-refractivity contribution in [1.82, 2.24) is 4.57 Å². The van der Waals surface area contributed by atoms with Crippen LogP contribution in [0.2, 0.25) is 0 Å². The van der Waals surface area contributed by atoms with Gasteiger partial charge in [-0.3, -0.25) is 0 Å². The molecule has 2 fully saturated rings. The summed E-state index contributed by atoms with van der Waals surface area (Å²) in [6.45, 7) is 3.06. The van der Waals surface area contributed by atoms with Gasteiger partial charge >= 0.3 is 0 Å². The molecule has 1 aliphatic carbocycles. The van der Waals surface area contributed by atoms with E-state index in [1.54, 1.807) is 0 Å². The quantitative estimate of drug-likeness (QED) is 0.906. The molecule has 1 saturated heterocycles. The third-order valence-electron chi connectivity index (χ3n) is 4.64. The normalized spacial score (nSPS) is 27.2. The highest BCUT2D eigenvalue weighted by Crippen LogP contribution is 2.43. The van der Waals surface area contributed by atoms with Crippen LogP contribution in [-0.2, 0) is 17.7 Å². The molecule has 3 heteroatoms. The van der Waals surface area contributed by atoms with Gasteiger partial charge in [-0.2, -0.15) is 0 Å². The molecule has 2 aliphatic rings. The van der Waals surface area contributed by atoms with Crippen LogP contribution in [-0.4, -0.2) is 22.3 Å². The highest BCUT2D eigenvalue weighted by atomic mass is 16.5. The van der Waals surface area contributed by atoms with Gasteiger partial charge in [-0.15, -0.1) is 0 Å². The summed E-state index contributed by atoms with van der Waals surface area (Å²) >= 11 is 0. The van der Waals surface area contributed by atoms with Crippen molar-refractivity contribution >= 4 is 0 Å². The molecule has 1 saturated carbocycles. The zero-order chi connectivity index (χ0) is 13.3. The molecule has 2 atom stereocenters. The Morgan fingerprint density at radius 1 is 1.42 bits per heavy atom. The molecule has 0 bridgehead atoms. The lowest BCUT2D eigenvalue weighted by Gasteiger charge is -2.24. The van der Waals surface area contributed by atoms with Crippen molar-refractivity contribution in [3.05, 3.63) is 24.0 Å². The second-order valence-electron chi connectivity index (χ2n) is 6.57. The zero-order valence-electron chi connectivity index (χ0n) is 12.0. The number of aromatic nitrogens is 1.